The van der Waals surface area contributed by atoms with Gasteiger partial charge in [-0.15, -0.1) is 13.2 Å². The number of halogens is 3. The monoisotopic (exact) mass is 436 g/mol. The Bertz CT molecular complexity index is 877. The fraction of sp³-hybridized carbons (Fsp3) is 0.409. The van der Waals surface area contributed by atoms with Gasteiger partial charge < -0.3 is 20.5 Å². The fourth-order valence-electron chi connectivity index (χ4n) is 3.56. The summed E-state index contributed by atoms with van der Waals surface area (Å²) in [5.74, 6) is -0.372. The van der Waals surface area contributed by atoms with Crippen LogP contribution in [0.25, 0.3) is 0 Å². The Kier molecular flexibility index (Phi) is 7.40. The molecule has 0 aliphatic carbocycles. The van der Waals surface area contributed by atoms with Crippen molar-refractivity contribution in [2.45, 2.75) is 45.5 Å². The minimum absolute atomic E-state index is 0.00130. The van der Waals surface area contributed by atoms with Crippen molar-refractivity contribution in [2.75, 3.05) is 18.4 Å². The molecule has 3 rings (SSSR count). The van der Waals surface area contributed by atoms with Crippen LogP contribution < -0.4 is 15.8 Å². The summed E-state index contributed by atoms with van der Waals surface area (Å²) in [5, 5.41) is 2.66. The Labute approximate surface area is 179 Å². The molecule has 9 heteroatoms. The third kappa shape index (κ3) is 7.45. The normalized spacial score (nSPS) is 20.5. The molecule has 2 aromatic rings. The van der Waals surface area contributed by atoms with Gasteiger partial charge in [-0.05, 0) is 37.1 Å². The highest BCUT2D eigenvalue weighted by atomic mass is 19.4. The Morgan fingerprint density at radius 2 is 1.71 bits per heavy atom. The summed E-state index contributed by atoms with van der Waals surface area (Å²) < 4.78 is 47.3. The number of anilines is 1. The number of benzene rings is 2. The van der Waals surface area contributed by atoms with Gasteiger partial charge in [0.25, 0.3) is 0 Å². The number of hydrogen-bond acceptors (Lipinski definition) is 4. The van der Waals surface area contributed by atoms with Crippen molar-refractivity contribution in [3.8, 4) is 5.75 Å². The van der Waals surface area contributed by atoms with Crippen LogP contribution in [0.4, 0.5) is 18.9 Å². The molecular formula is C22H27F3N4O2. The van der Waals surface area contributed by atoms with Crippen molar-refractivity contribution in [3.63, 3.8) is 0 Å². The number of ether oxygens (including phenoxy) is 2. The van der Waals surface area contributed by atoms with Gasteiger partial charge >= 0.3 is 6.36 Å². The van der Waals surface area contributed by atoms with E-state index in [1.807, 2.05) is 24.3 Å². The lowest BCUT2D eigenvalue weighted by atomic mass is 10.1. The van der Waals surface area contributed by atoms with Crippen LogP contribution in [0, 0.1) is 0 Å². The van der Waals surface area contributed by atoms with Crippen LogP contribution in [-0.2, 0) is 17.8 Å². The number of alkyl halides is 3. The number of morpholine rings is 1. The predicted molar refractivity (Wildman–Crippen MR) is 114 cm³/mol. The van der Waals surface area contributed by atoms with E-state index in [0.29, 0.717) is 6.54 Å². The molecule has 1 aliphatic heterocycles. The molecule has 0 bridgehead atoms. The van der Waals surface area contributed by atoms with Crippen LogP contribution in [0.3, 0.4) is 0 Å². The number of para-hydroxylation sites is 2. The summed E-state index contributed by atoms with van der Waals surface area (Å²) in [7, 11) is 0. The summed E-state index contributed by atoms with van der Waals surface area (Å²) in [4.78, 5) is 6.58. The summed E-state index contributed by atoms with van der Waals surface area (Å²) in [5.41, 5.74) is 8.07. The molecule has 1 heterocycles. The highest BCUT2D eigenvalue weighted by Crippen LogP contribution is 2.29. The van der Waals surface area contributed by atoms with Gasteiger partial charge in [0, 0.05) is 19.6 Å². The molecular weight excluding hydrogens is 409 g/mol. The Hall–Kier alpha value is -2.78. The maximum Gasteiger partial charge on any atom is 0.573 e. The van der Waals surface area contributed by atoms with Crippen molar-refractivity contribution in [1.82, 2.24) is 4.90 Å². The van der Waals surface area contributed by atoms with Crippen molar-refractivity contribution in [2.24, 2.45) is 10.7 Å². The van der Waals surface area contributed by atoms with E-state index in [-0.39, 0.29) is 29.6 Å². The predicted octanol–water partition coefficient (Wildman–Crippen LogP) is 4.12. The molecule has 1 fully saturated rings. The van der Waals surface area contributed by atoms with Gasteiger partial charge in [0.15, 0.2) is 11.7 Å². The van der Waals surface area contributed by atoms with E-state index in [0.717, 1.165) is 25.2 Å². The first-order chi connectivity index (χ1) is 14.7. The number of nitrogens with one attached hydrogen (secondary N) is 1. The second-order valence-electron chi connectivity index (χ2n) is 7.64. The van der Waals surface area contributed by atoms with Crippen LogP contribution in [0.2, 0.25) is 0 Å². The molecule has 1 aliphatic rings. The molecule has 0 aromatic heterocycles. The average molecular weight is 436 g/mol. The number of rotatable bonds is 6. The topological polar surface area (TPSA) is 72.1 Å². The van der Waals surface area contributed by atoms with E-state index in [1.54, 1.807) is 6.07 Å². The van der Waals surface area contributed by atoms with Crippen LogP contribution >= 0.6 is 0 Å². The van der Waals surface area contributed by atoms with Gasteiger partial charge in [0.2, 0.25) is 0 Å². The lowest BCUT2D eigenvalue weighted by molar-refractivity contribution is -0.274. The molecule has 168 valence electrons. The summed E-state index contributed by atoms with van der Waals surface area (Å²) in [6.45, 7) is 7.11. The highest BCUT2D eigenvalue weighted by Gasteiger charge is 2.32. The zero-order chi connectivity index (χ0) is 22.4. The van der Waals surface area contributed by atoms with E-state index < -0.39 is 6.36 Å². The largest absolute Gasteiger partial charge is 0.573 e. The Balaban J connectivity index is 1.56. The minimum Gasteiger partial charge on any atom is -0.404 e. The number of guanidine groups is 1. The lowest BCUT2D eigenvalue weighted by Crippen LogP contribution is -2.44. The highest BCUT2D eigenvalue weighted by molar-refractivity contribution is 5.93. The van der Waals surface area contributed by atoms with Gasteiger partial charge in [-0.25, -0.2) is 4.99 Å². The van der Waals surface area contributed by atoms with Crippen molar-refractivity contribution in [3.05, 3.63) is 59.7 Å². The first kappa shape index (κ1) is 22.9. The molecule has 2 aromatic carbocycles. The molecule has 0 radical (unpaired) electrons. The smallest absolute Gasteiger partial charge is 0.404 e. The van der Waals surface area contributed by atoms with Gasteiger partial charge in [-0.3, -0.25) is 4.90 Å². The minimum atomic E-state index is -4.79. The number of nitrogens with two attached hydrogens (primary N) is 1. The Morgan fingerprint density at radius 1 is 1.10 bits per heavy atom. The zero-order valence-electron chi connectivity index (χ0n) is 17.5. The molecule has 0 saturated carbocycles. The van der Waals surface area contributed by atoms with Crippen molar-refractivity contribution in [1.29, 1.82) is 0 Å². The number of hydrogen-bond donors (Lipinski definition) is 2. The molecule has 1 saturated heterocycles. The number of nitrogens with zero attached hydrogens (tertiary/aromatic N) is 2. The van der Waals surface area contributed by atoms with Crippen molar-refractivity contribution < 1.29 is 22.6 Å². The van der Waals surface area contributed by atoms with Crippen LogP contribution in [0.15, 0.2) is 53.5 Å². The van der Waals surface area contributed by atoms with Gasteiger partial charge in [-0.2, -0.15) is 0 Å². The maximum absolute atomic E-state index is 12.5. The first-order valence-corrected chi connectivity index (χ1v) is 10.1. The third-order valence-electron chi connectivity index (χ3n) is 4.73. The lowest BCUT2D eigenvalue weighted by Gasteiger charge is -2.35. The standard InChI is InChI=1S/C22H27F3N4O2/c1-15-12-29(13-16(2)30-15)14-18-9-7-17(8-10-18)11-27-21(26)28-19-5-3-4-6-20(19)31-22(23,24)25/h3-10,15-16H,11-14H2,1-2H3,(H3,26,27,28). The average Bonchev–Trinajstić information content (AvgIpc) is 2.67. The fourth-order valence-corrected chi connectivity index (χ4v) is 3.56. The van der Waals surface area contributed by atoms with Crippen LogP contribution in [0.1, 0.15) is 25.0 Å². The molecule has 0 spiro atoms. The van der Waals surface area contributed by atoms with Crippen LogP contribution in [0.5, 0.6) is 5.75 Å². The Morgan fingerprint density at radius 3 is 2.35 bits per heavy atom. The summed E-state index contributed by atoms with van der Waals surface area (Å²) in [6, 6.07) is 13.7. The van der Waals surface area contributed by atoms with E-state index in [2.05, 4.69) is 33.8 Å². The van der Waals surface area contributed by atoms with E-state index >= 15 is 0 Å². The van der Waals surface area contributed by atoms with Gasteiger partial charge in [0.1, 0.15) is 0 Å². The van der Waals surface area contributed by atoms with Gasteiger partial charge in [0.05, 0.1) is 24.4 Å². The van der Waals surface area contributed by atoms with Crippen molar-refractivity contribution >= 4 is 11.6 Å². The first-order valence-electron chi connectivity index (χ1n) is 10.1. The maximum atomic E-state index is 12.5. The molecule has 2 unspecified atom stereocenters. The SMILES string of the molecule is CC1CN(Cc2ccc(CN=C(N)Nc3ccccc3OC(F)(F)F)cc2)CC(C)O1. The molecule has 6 nitrogen and oxygen atoms in total. The van der Waals surface area contributed by atoms with Crippen LogP contribution in [-0.4, -0.2) is 42.5 Å². The second-order valence-corrected chi connectivity index (χ2v) is 7.64. The number of aliphatic imine (C=N–C) groups is 1. The van der Waals surface area contributed by atoms with Gasteiger partial charge in [-0.1, -0.05) is 36.4 Å². The van der Waals surface area contributed by atoms with E-state index in [1.165, 1.54) is 23.8 Å². The molecule has 2 atom stereocenters. The van der Waals surface area contributed by atoms with E-state index in [9.17, 15) is 13.2 Å². The van der Waals surface area contributed by atoms with E-state index in [4.69, 9.17) is 10.5 Å². The molecule has 0 amide bonds. The summed E-state index contributed by atoms with van der Waals surface area (Å²) >= 11 is 0. The molecule has 31 heavy (non-hydrogen) atoms. The summed E-state index contributed by atoms with van der Waals surface area (Å²) in [6.07, 6.45) is -4.35. The molecule has 3 N–H and O–H groups in total. The third-order valence-corrected chi connectivity index (χ3v) is 4.73. The second kappa shape index (κ2) is 10.0. The zero-order valence-corrected chi connectivity index (χ0v) is 17.5. The quantitative estimate of drug-likeness (QED) is 0.527.